The standard InChI is InChI=1S/C14H16N2O2/c1-8-2-4-9(5-3-8)12(15)7-16-13(17)10-6-11(10)14(16)18/h2-5,10-12H,6-7,15H2,1H3. The molecule has 4 heteroatoms. The van der Waals surface area contributed by atoms with Crippen LogP contribution in [0.1, 0.15) is 23.6 Å². The van der Waals surface area contributed by atoms with Crippen molar-refractivity contribution < 1.29 is 9.59 Å². The van der Waals surface area contributed by atoms with Gasteiger partial charge in [0.25, 0.3) is 0 Å². The Morgan fingerprint density at radius 3 is 2.33 bits per heavy atom. The summed E-state index contributed by atoms with van der Waals surface area (Å²) in [4.78, 5) is 25.0. The van der Waals surface area contributed by atoms with E-state index in [0.717, 1.165) is 12.0 Å². The molecule has 1 saturated carbocycles. The molecular formula is C14H16N2O2. The lowest BCUT2D eigenvalue weighted by Gasteiger charge is -2.21. The third-order valence-corrected chi connectivity index (χ3v) is 3.84. The van der Waals surface area contributed by atoms with Crippen LogP contribution in [0.3, 0.4) is 0 Å². The Morgan fingerprint density at radius 1 is 1.22 bits per heavy atom. The summed E-state index contributed by atoms with van der Waals surface area (Å²) in [6, 6.07) is 7.58. The van der Waals surface area contributed by atoms with Crippen molar-refractivity contribution in [3.05, 3.63) is 35.4 Å². The number of aryl methyl sites for hydroxylation is 1. The molecule has 18 heavy (non-hydrogen) atoms. The van der Waals surface area contributed by atoms with Gasteiger partial charge in [-0.3, -0.25) is 14.5 Å². The van der Waals surface area contributed by atoms with Gasteiger partial charge in [0, 0.05) is 12.6 Å². The average molecular weight is 244 g/mol. The van der Waals surface area contributed by atoms with Gasteiger partial charge in [-0.25, -0.2) is 0 Å². The zero-order chi connectivity index (χ0) is 12.9. The Bertz CT molecular complexity index is 489. The molecule has 3 atom stereocenters. The van der Waals surface area contributed by atoms with Gasteiger partial charge >= 0.3 is 0 Å². The summed E-state index contributed by atoms with van der Waals surface area (Å²) in [5.74, 6) is -0.148. The summed E-state index contributed by atoms with van der Waals surface area (Å²) >= 11 is 0. The number of nitrogens with zero attached hydrogens (tertiary/aromatic N) is 1. The first-order valence-corrected chi connectivity index (χ1v) is 6.25. The van der Waals surface area contributed by atoms with Crippen molar-refractivity contribution in [1.29, 1.82) is 0 Å². The first-order chi connectivity index (χ1) is 8.58. The molecule has 0 bridgehead atoms. The Labute approximate surface area is 106 Å². The second kappa shape index (κ2) is 3.92. The molecule has 94 valence electrons. The number of amides is 2. The molecule has 1 aliphatic carbocycles. The van der Waals surface area contributed by atoms with Crippen molar-refractivity contribution in [1.82, 2.24) is 4.90 Å². The van der Waals surface area contributed by atoms with Gasteiger partial charge in [-0.2, -0.15) is 0 Å². The molecule has 2 aliphatic rings. The SMILES string of the molecule is Cc1ccc(C(N)CN2C(=O)C3CC3C2=O)cc1. The van der Waals surface area contributed by atoms with Crippen LogP contribution in [-0.2, 0) is 9.59 Å². The summed E-state index contributed by atoms with van der Waals surface area (Å²) in [7, 11) is 0. The van der Waals surface area contributed by atoms with Crippen LogP contribution in [0.5, 0.6) is 0 Å². The second-order valence-corrected chi connectivity index (χ2v) is 5.25. The van der Waals surface area contributed by atoms with Crippen LogP contribution in [0.25, 0.3) is 0 Å². The van der Waals surface area contributed by atoms with E-state index < -0.39 is 0 Å². The smallest absolute Gasteiger partial charge is 0.233 e. The molecule has 2 amide bonds. The number of rotatable bonds is 3. The highest BCUT2D eigenvalue weighted by atomic mass is 16.2. The molecule has 3 unspecified atom stereocenters. The third kappa shape index (κ3) is 1.73. The summed E-state index contributed by atoms with van der Waals surface area (Å²) in [5.41, 5.74) is 8.19. The maximum absolute atomic E-state index is 11.8. The predicted octanol–water partition coefficient (Wildman–Crippen LogP) is 1.000. The first-order valence-electron chi connectivity index (χ1n) is 6.25. The number of piperidine rings is 1. The van der Waals surface area contributed by atoms with E-state index in [2.05, 4.69) is 0 Å². The molecule has 4 nitrogen and oxygen atoms in total. The van der Waals surface area contributed by atoms with Crippen molar-refractivity contribution in [2.45, 2.75) is 19.4 Å². The average Bonchev–Trinajstić information content (AvgIpc) is 3.10. The predicted molar refractivity (Wildman–Crippen MR) is 66.4 cm³/mol. The molecule has 1 saturated heterocycles. The van der Waals surface area contributed by atoms with Crippen LogP contribution in [-0.4, -0.2) is 23.3 Å². The minimum absolute atomic E-state index is 0.0347. The monoisotopic (exact) mass is 244 g/mol. The number of imide groups is 1. The highest BCUT2D eigenvalue weighted by molar-refractivity contribution is 6.08. The maximum atomic E-state index is 11.8. The summed E-state index contributed by atoms with van der Waals surface area (Å²) in [5, 5.41) is 0. The van der Waals surface area contributed by atoms with E-state index in [1.54, 1.807) is 0 Å². The molecule has 0 spiro atoms. The van der Waals surface area contributed by atoms with Crippen LogP contribution in [0.15, 0.2) is 24.3 Å². The zero-order valence-corrected chi connectivity index (χ0v) is 10.3. The van der Waals surface area contributed by atoms with Crippen LogP contribution >= 0.6 is 0 Å². The van der Waals surface area contributed by atoms with Crippen molar-refractivity contribution in [3.8, 4) is 0 Å². The van der Waals surface area contributed by atoms with Crippen LogP contribution in [0.2, 0.25) is 0 Å². The largest absolute Gasteiger partial charge is 0.322 e. The number of carbonyl (C=O) groups excluding carboxylic acids is 2. The first kappa shape index (κ1) is 11.4. The van der Waals surface area contributed by atoms with E-state index in [0.29, 0.717) is 6.54 Å². The van der Waals surface area contributed by atoms with E-state index in [-0.39, 0.29) is 29.7 Å². The maximum Gasteiger partial charge on any atom is 0.233 e. The highest BCUT2D eigenvalue weighted by Crippen LogP contribution is 2.47. The van der Waals surface area contributed by atoms with Gasteiger partial charge in [-0.1, -0.05) is 29.8 Å². The fraction of sp³-hybridized carbons (Fsp3) is 0.429. The topological polar surface area (TPSA) is 63.4 Å². The number of hydrogen-bond donors (Lipinski definition) is 1. The van der Waals surface area contributed by atoms with Crippen LogP contribution in [0.4, 0.5) is 0 Å². The number of hydrogen-bond acceptors (Lipinski definition) is 3. The van der Waals surface area contributed by atoms with Crippen LogP contribution < -0.4 is 5.73 Å². The molecule has 2 N–H and O–H groups in total. The fourth-order valence-electron chi connectivity index (χ4n) is 2.55. The molecule has 0 radical (unpaired) electrons. The van der Waals surface area contributed by atoms with E-state index in [9.17, 15) is 9.59 Å². The van der Waals surface area contributed by atoms with E-state index in [1.165, 1.54) is 10.5 Å². The van der Waals surface area contributed by atoms with Crippen molar-refractivity contribution in [2.75, 3.05) is 6.54 Å². The lowest BCUT2D eigenvalue weighted by atomic mass is 10.1. The molecule has 1 heterocycles. The Balaban J connectivity index is 1.71. The van der Waals surface area contributed by atoms with Crippen molar-refractivity contribution in [2.24, 2.45) is 17.6 Å². The quantitative estimate of drug-likeness (QED) is 0.807. The molecule has 0 aromatic heterocycles. The lowest BCUT2D eigenvalue weighted by molar-refractivity contribution is -0.141. The normalized spacial score (nSPS) is 27.3. The summed E-state index contributed by atoms with van der Waals surface area (Å²) in [6.07, 6.45) is 0.744. The number of likely N-dealkylation sites (tertiary alicyclic amines) is 1. The molecule has 1 aliphatic heterocycles. The van der Waals surface area contributed by atoms with Gasteiger partial charge in [-0.05, 0) is 18.9 Å². The Kier molecular flexibility index (Phi) is 2.48. The van der Waals surface area contributed by atoms with E-state index in [1.807, 2.05) is 31.2 Å². The number of nitrogens with two attached hydrogens (primary N) is 1. The van der Waals surface area contributed by atoms with Crippen LogP contribution in [0, 0.1) is 18.8 Å². The fourth-order valence-corrected chi connectivity index (χ4v) is 2.55. The summed E-state index contributed by atoms with van der Waals surface area (Å²) in [6.45, 7) is 2.31. The number of benzene rings is 1. The molecular weight excluding hydrogens is 228 g/mol. The minimum Gasteiger partial charge on any atom is -0.322 e. The highest BCUT2D eigenvalue weighted by Gasteiger charge is 2.58. The molecule has 2 fully saturated rings. The number of carbonyl (C=O) groups is 2. The van der Waals surface area contributed by atoms with Crippen molar-refractivity contribution in [3.63, 3.8) is 0 Å². The van der Waals surface area contributed by atoms with Gasteiger partial charge in [0.15, 0.2) is 0 Å². The van der Waals surface area contributed by atoms with Gasteiger partial charge in [-0.15, -0.1) is 0 Å². The zero-order valence-electron chi connectivity index (χ0n) is 10.3. The minimum atomic E-state index is -0.295. The summed E-state index contributed by atoms with van der Waals surface area (Å²) < 4.78 is 0. The van der Waals surface area contributed by atoms with Gasteiger partial charge in [0.05, 0.1) is 11.8 Å². The molecule has 1 aromatic carbocycles. The van der Waals surface area contributed by atoms with Gasteiger partial charge < -0.3 is 5.73 Å². The molecule has 1 aromatic rings. The number of fused-ring (bicyclic) bond motifs is 1. The third-order valence-electron chi connectivity index (χ3n) is 3.84. The molecule has 3 rings (SSSR count). The van der Waals surface area contributed by atoms with E-state index >= 15 is 0 Å². The van der Waals surface area contributed by atoms with Crippen molar-refractivity contribution >= 4 is 11.8 Å². The van der Waals surface area contributed by atoms with E-state index in [4.69, 9.17) is 5.73 Å². The lowest BCUT2D eigenvalue weighted by Crippen LogP contribution is -2.38. The Morgan fingerprint density at radius 2 is 1.78 bits per heavy atom. The Hall–Kier alpha value is -1.68. The van der Waals surface area contributed by atoms with Gasteiger partial charge in [0.1, 0.15) is 0 Å². The second-order valence-electron chi connectivity index (χ2n) is 5.25. The van der Waals surface area contributed by atoms with Gasteiger partial charge in [0.2, 0.25) is 11.8 Å².